The number of benzene rings is 1. The van der Waals surface area contributed by atoms with Gasteiger partial charge in [-0.3, -0.25) is 9.89 Å². The number of likely N-dealkylation sites (tertiary alicyclic amines) is 1. The van der Waals surface area contributed by atoms with Crippen molar-refractivity contribution in [1.82, 2.24) is 25.4 Å². The van der Waals surface area contributed by atoms with E-state index in [4.69, 9.17) is 0 Å². The van der Waals surface area contributed by atoms with E-state index in [9.17, 15) is 4.79 Å². The van der Waals surface area contributed by atoms with Crippen LogP contribution in [0.25, 0.3) is 11.4 Å². The van der Waals surface area contributed by atoms with E-state index in [1.165, 1.54) is 19.2 Å². The number of hydrogen-bond acceptors (Lipinski definition) is 4. The van der Waals surface area contributed by atoms with Crippen molar-refractivity contribution in [2.45, 2.75) is 25.3 Å². The summed E-state index contributed by atoms with van der Waals surface area (Å²) < 4.78 is 0. The van der Waals surface area contributed by atoms with Crippen LogP contribution >= 0.6 is 0 Å². The first kappa shape index (κ1) is 14.4. The summed E-state index contributed by atoms with van der Waals surface area (Å²) in [5.41, 5.74) is 1.52. The molecule has 2 aromatic rings. The average molecular weight is 311 g/mol. The lowest BCUT2D eigenvalue weighted by atomic mass is 9.85. The first-order valence-electron chi connectivity index (χ1n) is 8.30. The van der Waals surface area contributed by atoms with Crippen molar-refractivity contribution in [3.63, 3.8) is 0 Å². The fourth-order valence-electron chi connectivity index (χ4n) is 3.81. The first-order chi connectivity index (χ1) is 11.3. The van der Waals surface area contributed by atoms with E-state index in [1.807, 2.05) is 29.2 Å². The standard InChI is InChI=1S/C17H21N5O/c23-17(22-9-7-15-12(10-22)4-3-8-18-15)14-6-2-1-5-13(14)16-19-11-20-21-16/h1-2,5-6,11-12,15,18H,3-4,7-10H2,(H,19,20,21)/t12-,15+/m1/s1. The molecule has 2 atom stereocenters. The van der Waals surface area contributed by atoms with E-state index in [1.54, 1.807) is 0 Å². The van der Waals surface area contributed by atoms with Crippen LogP contribution in [0.15, 0.2) is 30.6 Å². The summed E-state index contributed by atoms with van der Waals surface area (Å²) >= 11 is 0. The number of nitrogens with one attached hydrogen (secondary N) is 2. The second kappa shape index (κ2) is 6.12. The Morgan fingerprint density at radius 3 is 3.04 bits per heavy atom. The molecule has 2 aliphatic rings. The van der Waals surface area contributed by atoms with Crippen molar-refractivity contribution in [3.8, 4) is 11.4 Å². The van der Waals surface area contributed by atoms with Crippen molar-refractivity contribution < 1.29 is 4.79 Å². The van der Waals surface area contributed by atoms with Gasteiger partial charge in [0.2, 0.25) is 0 Å². The number of piperidine rings is 2. The molecule has 23 heavy (non-hydrogen) atoms. The molecular weight excluding hydrogens is 290 g/mol. The van der Waals surface area contributed by atoms with Crippen molar-refractivity contribution in [2.75, 3.05) is 19.6 Å². The molecule has 0 unspecified atom stereocenters. The van der Waals surface area contributed by atoms with Crippen molar-refractivity contribution >= 4 is 5.91 Å². The lowest BCUT2D eigenvalue weighted by molar-refractivity contribution is 0.0593. The predicted molar refractivity (Wildman–Crippen MR) is 86.9 cm³/mol. The van der Waals surface area contributed by atoms with Gasteiger partial charge >= 0.3 is 0 Å². The molecule has 120 valence electrons. The van der Waals surface area contributed by atoms with Gasteiger partial charge in [0, 0.05) is 24.7 Å². The molecule has 1 aromatic carbocycles. The summed E-state index contributed by atoms with van der Waals surface area (Å²) in [6.07, 6.45) is 4.93. The van der Waals surface area contributed by atoms with Crippen LogP contribution in [0.2, 0.25) is 0 Å². The Balaban J connectivity index is 1.58. The fourth-order valence-corrected chi connectivity index (χ4v) is 3.81. The molecule has 6 heteroatoms. The minimum absolute atomic E-state index is 0.0982. The third kappa shape index (κ3) is 2.74. The van der Waals surface area contributed by atoms with Crippen LogP contribution in [0.4, 0.5) is 0 Å². The number of aromatic nitrogens is 3. The van der Waals surface area contributed by atoms with Crippen LogP contribution < -0.4 is 5.32 Å². The Labute approximate surface area is 135 Å². The number of hydrogen-bond donors (Lipinski definition) is 2. The number of carbonyl (C=O) groups excluding carboxylic acids is 1. The highest BCUT2D eigenvalue weighted by Crippen LogP contribution is 2.27. The van der Waals surface area contributed by atoms with E-state index < -0.39 is 0 Å². The van der Waals surface area contributed by atoms with Gasteiger partial charge in [-0.05, 0) is 37.8 Å². The van der Waals surface area contributed by atoms with Gasteiger partial charge < -0.3 is 10.2 Å². The van der Waals surface area contributed by atoms with Gasteiger partial charge in [0.05, 0.1) is 5.56 Å². The summed E-state index contributed by atoms with van der Waals surface area (Å²) in [4.78, 5) is 19.2. The maximum atomic E-state index is 13.0. The van der Waals surface area contributed by atoms with Crippen LogP contribution in [0.5, 0.6) is 0 Å². The third-order valence-corrected chi connectivity index (χ3v) is 5.01. The van der Waals surface area contributed by atoms with Crippen molar-refractivity contribution in [1.29, 1.82) is 0 Å². The largest absolute Gasteiger partial charge is 0.338 e. The zero-order valence-electron chi connectivity index (χ0n) is 13.0. The smallest absolute Gasteiger partial charge is 0.254 e. The highest BCUT2D eigenvalue weighted by molar-refractivity contribution is 6.00. The molecule has 6 nitrogen and oxygen atoms in total. The average Bonchev–Trinajstić information content (AvgIpc) is 3.15. The number of rotatable bonds is 2. The summed E-state index contributed by atoms with van der Waals surface area (Å²) in [6, 6.07) is 8.21. The zero-order chi connectivity index (χ0) is 15.6. The molecule has 1 amide bonds. The Kier molecular flexibility index (Phi) is 3.83. The summed E-state index contributed by atoms with van der Waals surface area (Å²) in [7, 11) is 0. The van der Waals surface area contributed by atoms with Gasteiger partial charge in [0.1, 0.15) is 6.33 Å². The topological polar surface area (TPSA) is 73.9 Å². The number of aromatic amines is 1. The maximum absolute atomic E-state index is 13.0. The SMILES string of the molecule is O=C(c1ccccc1-c1ncn[nH]1)N1CC[C@@H]2NCCC[C@@H]2C1. The van der Waals surface area contributed by atoms with Crippen LogP contribution in [0.3, 0.4) is 0 Å². The van der Waals surface area contributed by atoms with E-state index >= 15 is 0 Å². The fraction of sp³-hybridized carbons (Fsp3) is 0.471. The molecule has 2 fully saturated rings. The lowest BCUT2D eigenvalue weighted by Crippen LogP contribution is -2.53. The van der Waals surface area contributed by atoms with Gasteiger partial charge in [-0.25, -0.2) is 4.98 Å². The maximum Gasteiger partial charge on any atom is 0.254 e. The van der Waals surface area contributed by atoms with E-state index in [0.717, 1.165) is 31.6 Å². The second-order valence-electron chi connectivity index (χ2n) is 6.38. The number of nitrogens with zero attached hydrogens (tertiary/aromatic N) is 3. The monoisotopic (exact) mass is 311 g/mol. The molecule has 3 heterocycles. The number of H-pyrrole nitrogens is 1. The van der Waals surface area contributed by atoms with Gasteiger partial charge in [-0.15, -0.1) is 0 Å². The molecule has 0 spiro atoms. The normalized spacial score (nSPS) is 24.3. The van der Waals surface area contributed by atoms with Crippen molar-refractivity contribution in [3.05, 3.63) is 36.2 Å². The highest BCUT2D eigenvalue weighted by atomic mass is 16.2. The van der Waals surface area contributed by atoms with Gasteiger partial charge in [-0.1, -0.05) is 18.2 Å². The lowest BCUT2D eigenvalue weighted by Gasteiger charge is -2.41. The Hall–Kier alpha value is -2.21. The molecular formula is C17H21N5O. The summed E-state index contributed by atoms with van der Waals surface area (Å²) in [6.45, 7) is 2.78. The van der Waals surface area contributed by atoms with E-state index in [0.29, 0.717) is 23.3 Å². The summed E-state index contributed by atoms with van der Waals surface area (Å²) in [5, 5.41) is 10.3. The second-order valence-corrected chi connectivity index (χ2v) is 6.38. The van der Waals surface area contributed by atoms with E-state index in [2.05, 4.69) is 20.5 Å². The van der Waals surface area contributed by atoms with Crippen LogP contribution in [-0.4, -0.2) is 51.7 Å². The van der Waals surface area contributed by atoms with Gasteiger partial charge in [-0.2, -0.15) is 5.10 Å². The summed E-state index contributed by atoms with van der Waals surface area (Å²) in [5.74, 6) is 1.32. The molecule has 0 radical (unpaired) electrons. The number of amides is 1. The molecule has 4 rings (SSSR count). The molecule has 1 aromatic heterocycles. The minimum Gasteiger partial charge on any atom is -0.338 e. The molecule has 2 aliphatic heterocycles. The van der Waals surface area contributed by atoms with E-state index in [-0.39, 0.29) is 5.91 Å². The van der Waals surface area contributed by atoms with Crippen LogP contribution in [0, 0.1) is 5.92 Å². The quantitative estimate of drug-likeness (QED) is 0.885. The highest BCUT2D eigenvalue weighted by Gasteiger charge is 2.33. The van der Waals surface area contributed by atoms with Crippen LogP contribution in [-0.2, 0) is 0 Å². The Morgan fingerprint density at radius 1 is 1.26 bits per heavy atom. The van der Waals surface area contributed by atoms with Crippen LogP contribution in [0.1, 0.15) is 29.6 Å². The Bertz CT molecular complexity index is 684. The van der Waals surface area contributed by atoms with Crippen molar-refractivity contribution in [2.24, 2.45) is 5.92 Å². The zero-order valence-corrected chi connectivity index (χ0v) is 13.0. The molecule has 2 saturated heterocycles. The van der Waals surface area contributed by atoms with Gasteiger partial charge in [0.15, 0.2) is 5.82 Å². The molecule has 2 N–H and O–H groups in total. The number of carbonyl (C=O) groups is 1. The predicted octanol–water partition coefficient (Wildman–Crippen LogP) is 1.69. The molecule has 0 bridgehead atoms. The Morgan fingerprint density at radius 2 is 2.17 bits per heavy atom. The first-order valence-corrected chi connectivity index (χ1v) is 8.30. The third-order valence-electron chi connectivity index (χ3n) is 5.01. The van der Waals surface area contributed by atoms with Gasteiger partial charge in [0.25, 0.3) is 5.91 Å². The number of fused-ring (bicyclic) bond motifs is 1. The minimum atomic E-state index is 0.0982. The molecule has 0 saturated carbocycles. The molecule has 0 aliphatic carbocycles.